The number of aryl methyl sites for hydroxylation is 3. The van der Waals surface area contributed by atoms with Crippen molar-refractivity contribution in [2.24, 2.45) is 5.73 Å². The second-order valence-corrected chi connectivity index (χ2v) is 5.05. The Morgan fingerprint density at radius 1 is 0.895 bits per heavy atom. The number of benzene rings is 2. The first-order valence-corrected chi connectivity index (χ1v) is 6.57. The van der Waals surface area contributed by atoms with E-state index in [0.29, 0.717) is 6.54 Å². The summed E-state index contributed by atoms with van der Waals surface area (Å²) in [5, 5.41) is 0. The summed E-state index contributed by atoms with van der Waals surface area (Å²) in [4.78, 5) is 0. The molecule has 100 valence electrons. The predicted molar refractivity (Wildman–Crippen MR) is 79.8 cm³/mol. The molecule has 0 atom stereocenters. The van der Waals surface area contributed by atoms with Gasteiger partial charge in [-0.05, 0) is 67.6 Å². The van der Waals surface area contributed by atoms with E-state index in [1.807, 2.05) is 18.2 Å². The zero-order valence-electron chi connectivity index (χ0n) is 12.1. The van der Waals surface area contributed by atoms with Crippen molar-refractivity contribution in [2.45, 2.75) is 34.2 Å². The van der Waals surface area contributed by atoms with E-state index < -0.39 is 0 Å². The standard InChI is InChI=1S/C17H21NO/c1-11-5-6-12(2)17(14(11)4)19-16-8-7-15(10-18)13(3)9-16/h5-9H,10,18H2,1-4H3. The van der Waals surface area contributed by atoms with E-state index in [4.69, 9.17) is 10.5 Å². The molecule has 0 fully saturated rings. The molecule has 0 spiro atoms. The molecule has 2 aromatic rings. The molecule has 2 aromatic carbocycles. The lowest BCUT2D eigenvalue weighted by molar-refractivity contribution is 0.474. The molecule has 2 nitrogen and oxygen atoms in total. The lowest BCUT2D eigenvalue weighted by Crippen LogP contribution is -1.99. The van der Waals surface area contributed by atoms with Gasteiger partial charge in [0.1, 0.15) is 11.5 Å². The SMILES string of the molecule is Cc1cc(Oc2c(C)ccc(C)c2C)ccc1CN. The van der Waals surface area contributed by atoms with Gasteiger partial charge in [0, 0.05) is 6.54 Å². The van der Waals surface area contributed by atoms with E-state index in [2.05, 4.69) is 39.8 Å². The lowest BCUT2D eigenvalue weighted by atomic mass is 10.1. The van der Waals surface area contributed by atoms with E-state index in [1.54, 1.807) is 0 Å². The van der Waals surface area contributed by atoms with Crippen LogP contribution in [0.15, 0.2) is 30.3 Å². The third kappa shape index (κ3) is 2.79. The highest BCUT2D eigenvalue weighted by atomic mass is 16.5. The van der Waals surface area contributed by atoms with Gasteiger partial charge in [0.2, 0.25) is 0 Å². The molecule has 2 N–H and O–H groups in total. The molecule has 2 heteroatoms. The summed E-state index contributed by atoms with van der Waals surface area (Å²) in [5.74, 6) is 1.83. The summed E-state index contributed by atoms with van der Waals surface area (Å²) in [5.41, 5.74) is 11.6. The molecule has 0 saturated heterocycles. The van der Waals surface area contributed by atoms with Crippen LogP contribution >= 0.6 is 0 Å². The second-order valence-electron chi connectivity index (χ2n) is 5.05. The van der Waals surface area contributed by atoms with Crippen LogP contribution in [-0.4, -0.2) is 0 Å². The topological polar surface area (TPSA) is 35.2 Å². The molecule has 19 heavy (non-hydrogen) atoms. The molecule has 0 unspecified atom stereocenters. The van der Waals surface area contributed by atoms with Gasteiger partial charge in [0.05, 0.1) is 0 Å². The third-order valence-corrected chi connectivity index (χ3v) is 3.63. The van der Waals surface area contributed by atoms with E-state index in [9.17, 15) is 0 Å². The Bertz CT molecular complexity index is 602. The van der Waals surface area contributed by atoms with Crippen LogP contribution in [0, 0.1) is 27.7 Å². The minimum Gasteiger partial charge on any atom is -0.457 e. The Balaban J connectivity index is 2.36. The van der Waals surface area contributed by atoms with Gasteiger partial charge < -0.3 is 10.5 Å². The van der Waals surface area contributed by atoms with Crippen LogP contribution in [0.1, 0.15) is 27.8 Å². The number of hydrogen-bond donors (Lipinski definition) is 1. The molecule has 0 aliphatic rings. The van der Waals surface area contributed by atoms with E-state index in [0.717, 1.165) is 22.6 Å². The molecular formula is C17H21NO. The number of hydrogen-bond acceptors (Lipinski definition) is 2. The molecule has 0 amide bonds. The maximum atomic E-state index is 6.06. The van der Waals surface area contributed by atoms with Gasteiger partial charge in [-0.25, -0.2) is 0 Å². The maximum absolute atomic E-state index is 6.06. The minimum atomic E-state index is 0.564. The summed E-state index contributed by atoms with van der Waals surface area (Å²) in [6.07, 6.45) is 0. The fourth-order valence-electron chi connectivity index (χ4n) is 2.16. The Morgan fingerprint density at radius 3 is 2.21 bits per heavy atom. The highest BCUT2D eigenvalue weighted by Gasteiger charge is 2.08. The molecule has 0 aromatic heterocycles. The van der Waals surface area contributed by atoms with E-state index >= 15 is 0 Å². The maximum Gasteiger partial charge on any atom is 0.133 e. The largest absolute Gasteiger partial charge is 0.457 e. The zero-order chi connectivity index (χ0) is 14.0. The average Bonchev–Trinajstić information content (AvgIpc) is 2.39. The fourth-order valence-corrected chi connectivity index (χ4v) is 2.16. The Morgan fingerprint density at radius 2 is 1.58 bits per heavy atom. The van der Waals surface area contributed by atoms with Crippen LogP contribution in [0.25, 0.3) is 0 Å². The van der Waals surface area contributed by atoms with Gasteiger partial charge in [-0.2, -0.15) is 0 Å². The summed E-state index contributed by atoms with van der Waals surface area (Å²) >= 11 is 0. The Kier molecular flexibility index (Phi) is 3.91. The summed E-state index contributed by atoms with van der Waals surface area (Å²) < 4.78 is 6.06. The number of rotatable bonds is 3. The van der Waals surface area contributed by atoms with Crippen LogP contribution in [0.2, 0.25) is 0 Å². The van der Waals surface area contributed by atoms with Crippen LogP contribution in [0.5, 0.6) is 11.5 Å². The van der Waals surface area contributed by atoms with E-state index in [-0.39, 0.29) is 0 Å². The van der Waals surface area contributed by atoms with Gasteiger partial charge in [-0.1, -0.05) is 18.2 Å². The molecule has 2 rings (SSSR count). The van der Waals surface area contributed by atoms with Crippen molar-refractivity contribution >= 4 is 0 Å². The minimum absolute atomic E-state index is 0.564. The van der Waals surface area contributed by atoms with Crippen molar-refractivity contribution in [1.82, 2.24) is 0 Å². The quantitative estimate of drug-likeness (QED) is 0.893. The van der Waals surface area contributed by atoms with Crippen molar-refractivity contribution < 1.29 is 4.74 Å². The normalized spacial score (nSPS) is 10.6. The number of ether oxygens (including phenoxy) is 1. The summed E-state index contributed by atoms with van der Waals surface area (Å²) in [6.45, 7) is 8.89. The first-order valence-electron chi connectivity index (χ1n) is 6.57. The van der Waals surface area contributed by atoms with Crippen LogP contribution in [0.3, 0.4) is 0 Å². The second kappa shape index (κ2) is 5.45. The molecule has 0 heterocycles. The first-order chi connectivity index (χ1) is 9.02. The predicted octanol–water partition coefficient (Wildman–Crippen LogP) is 4.17. The molecule has 0 saturated carbocycles. The first kappa shape index (κ1) is 13.6. The molecule has 0 bridgehead atoms. The fraction of sp³-hybridized carbons (Fsp3) is 0.294. The van der Waals surface area contributed by atoms with Gasteiger partial charge in [-0.15, -0.1) is 0 Å². The van der Waals surface area contributed by atoms with Crippen molar-refractivity contribution in [2.75, 3.05) is 0 Å². The molecule has 0 aliphatic carbocycles. The third-order valence-electron chi connectivity index (χ3n) is 3.63. The van der Waals surface area contributed by atoms with E-state index in [1.165, 1.54) is 16.7 Å². The molecule has 0 aliphatic heterocycles. The highest BCUT2D eigenvalue weighted by Crippen LogP contribution is 2.31. The highest BCUT2D eigenvalue weighted by molar-refractivity contribution is 5.47. The lowest BCUT2D eigenvalue weighted by Gasteiger charge is -2.14. The van der Waals surface area contributed by atoms with Gasteiger partial charge >= 0.3 is 0 Å². The summed E-state index contributed by atoms with van der Waals surface area (Å²) in [6, 6.07) is 10.3. The van der Waals surface area contributed by atoms with Crippen LogP contribution in [-0.2, 0) is 6.54 Å². The van der Waals surface area contributed by atoms with Crippen LogP contribution < -0.4 is 10.5 Å². The average molecular weight is 255 g/mol. The monoisotopic (exact) mass is 255 g/mol. The van der Waals surface area contributed by atoms with Crippen molar-refractivity contribution in [3.8, 4) is 11.5 Å². The summed E-state index contributed by atoms with van der Waals surface area (Å²) in [7, 11) is 0. The van der Waals surface area contributed by atoms with Gasteiger partial charge in [0.25, 0.3) is 0 Å². The Labute approximate surface area is 115 Å². The Hall–Kier alpha value is -1.80. The molecular weight excluding hydrogens is 234 g/mol. The smallest absolute Gasteiger partial charge is 0.133 e. The van der Waals surface area contributed by atoms with Crippen LogP contribution in [0.4, 0.5) is 0 Å². The van der Waals surface area contributed by atoms with Crippen molar-refractivity contribution in [1.29, 1.82) is 0 Å². The van der Waals surface area contributed by atoms with Crippen molar-refractivity contribution in [3.63, 3.8) is 0 Å². The van der Waals surface area contributed by atoms with Gasteiger partial charge in [-0.3, -0.25) is 0 Å². The number of nitrogens with two attached hydrogens (primary N) is 1. The van der Waals surface area contributed by atoms with Crippen molar-refractivity contribution in [3.05, 3.63) is 58.1 Å². The zero-order valence-corrected chi connectivity index (χ0v) is 12.1. The van der Waals surface area contributed by atoms with Gasteiger partial charge in [0.15, 0.2) is 0 Å². The molecule has 0 radical (unpaired) electrons.